The predicted octanol–water partition coefficient (Wildman–Crippen LogP) is 1.80. The van der Waals surface area contributed by atoms with Crippen LogP contribution in [0.2, 0.25) is 0 Å². The minimum Gasteiger partial charge on any atom is -0.481 e. The molecule has 0 radical (unpaired) electrons. The Hall–Kier alpha value is -1.76. The zero-order valence-electron chi connectivity index (χ0n) is 8.47. The molecule has 2 rings (SSSR count). The molecule has 0 aliphatic carbocycles. The molecule has 0 saturated carbocycles. The van der Waals surface area contributed by atoms with Gasteiger partial charge in [-0.3, -0.25) is 4.79 Å². The van der Waals surface area contributed by atoms with Crippen molar-refractivity contribution in [1.82, 2.24) is 15.0 Å². The first-order chi connectivity index (χ1) is 8.06. The summed E-state index contributed by atoms with van der Waals surface area (Å²) in [4.78, 5) is 10.5. The van der Waals surface area contributed by atoms with E-state index in [1.165, 1.54) is 23.0 Å². The fourth-order valence-corrected chi connectivity index (χ4v) is 1.74. The zero-order valence-corrected chi connectivity index (χ0v) is 10.1. The Balaban J connectivity index is 2.36. The van der Waals surface area contributed by atoms with Crippen LogP contribution >= 0.6 is 15.9 Å². The van der Waals surface area contributed by atoms with Gasteiger partial charge in [0.1, 0.15) is 5.82 Å². The number of carbonyl (C=O) groups is 1. The summed E-state index contributed by atoms with van der Waals surface area (Å²) in [6.45, 7) is 0. The van der Waals surface area contributed by atoms with Gasteiger partial charge < -0.3 is 5.11 Å². The second-order valence-electron chi connectivity index (χ2n) is 3.32. The number of carboxylic acids is 1. The summed E-state index contributed by atoms with van der Waals surface area (Å²) in [6.07, 6.45) is 1.24. The lowest BCUT2D eigenvalue weighted by Crippen LogP contribution is -2.00. The van der Waals surface area contributed by atoms with Gasteiger partial charge in [0.2, 0.25) is 0 Å². The topological polar surface area (TPSA) is 68.0 Å². The lowest BCUT2D eigenvalue weighted by molar-refractivity contribution is -0.136. The number of hydrogen-bond donors (Lipinski definition) is 1. The molecule has 1 aromatic heterocycles. The summed E-state index contributed by atoms with van der Waals surface area (Å²) >= 11 is 3.26. The second kappa shape index (κ2) is 4.62. The first-order valence-electron chi connectivity index (χ1n) is 4.64. The molecule has 88 valence electrons. The predicted molar refractivity (Wildman–Crippen MR) is 60.4 cm³/mol. The highest BCUT2D eigenvalue weighted by atomic mass is 79.9. The van der Waals surface area contributed by atoms with E-state index in [1.54, 1.807) is 6.07 Å². The molecule has 0 unspecified atom stereocenters. The van der Waals surface area contributed by atoms with Gasteiger partial charge in [-0.25, -0.2) is 9.07 Å². The second-order valence-corrected chi connectivity index (χ2v) is 4.18. The van der Waals surface area contributed by atoms with E-state index in [9.17, 15) is 9.18 Å². The Morgan fingerprint density at radius 1 is 1.53 bits per heavy atom. The maximum atomic E-state index is 13.1. The highest BCUT2D eigenvalue weighted by molar-refractivity contribution is 9.10. The van der Waals surface area contributed by atoms with Crippen LogP contribution in [-0.4, -0.2) is 26.1 Å². The van der Waals surface area contributed by atoms with Crippen LogP contribution in [0.1, 0.15) is 5.69 Å². The third-order valence-electron chi connectivity index (χ3n) is 2.03. The van der Waals surface area contributed by atoms with Crippen LogP contribution in [0.5, 0.6) is 0 Å². The van der Waals surface area contributed by atoms with Crippen molar-refractivity contribution in [2.75, 3.05) is 0 Å². The molecule has 0 aliphatic heterocycles. The number of hydrogen-bond acceptors (Lipinski definition) is 3. The molecule has 0 atom stereocenters. The molecule has 0 bridgehead atoms. The summed E-state index contributed by atoms with van der Waals surface area (Å²) in [5.41, 5.74) is 0.780. The van der Waals surface area contributed by atoms with E-state index in [1.807, 2.05) is 0 Å². The van der Waals surface area contributed by atoms with Crippen molar-refractivity contribution >= 4 is 21.9 Å². The van der Waals surface area contributed by atoms with E-state index in [0.29, 0.717) is 15.9 Å². The van der Waals surface area contributed by atoms with Gasteiger partial charge in [-0.2, -0.15) is 0 Å². The van der Waals surface area contributed by atoms with Crippen molar-refractivity contribution in [2.24, 2.45) is 0 Å². The Morgan fingerprint density at radius 3 is 3.00 bits per heavy atom. The molecule has 0 saturated heterocycles. The van der Waals surface area contributed by atoms with E-state index in [0.717, 1.165) is 0 Å². The molecular formula is C10H7BrFN3O2. The van der Waals surface area contributed by atoms with Gasteiger partial charge >= 0.3 is 5.97 Å². The summed E-state index contributed by atoms with van der Waals surface area (Å²) in [7, 11) is 0. The van der Waals surface area contributed by atoms with Crippen LogP contribution in [-0.2, 0) is 11.2 Å². The number of rotatable bonds is 3. The highest BCUT2D eigenvalue weighted by Gasteiger charge is 2.09. The SMILES string of the molecule is O=C(O)Cc1cn(-c2cc(F)ccc2Br)nn1. The summed E-state index contributed by atoms with van der Waals surface area (Å²) < 4.78 is 15.0. The smallest absolute Gasteiger partial charge is 0.309 e. The number of nitrogens with zero attached hydrogens (tertiary/aromatic N) is 3. The Labute approximate surface area is 104 Å². The van der Waals surface area contributed by atoms with Crippen LogP contribution in [0.25, 0.3) is 5.69 Å². The van der Waals surface area contributed by atoms with E-state index in [2.05, 4.69) is 26.2 Å². The summed E-state index contributed by atoms with van der Waals surface area (Å²) in [6, 6.07) is 4.13. The first kappa shape index (κ1) is 11.7. The van der Waals surface area contributed by atoms with Gasteiger partial charge in [0.15, 0.2) is 0 Å². The van der Waals surface area contributed by atoms with Gasteiger partial charge in [0.05, 0.1) is 24.0 Å². The third kappa shape index (κ3) is 2.68. The van der Waals surface area contributed by atoms with Crippen LogP contribution < -0.4 is 0 Å². The van der Waals surface area contributed by atoms with Crippen LogP contribution in [0, 0.1) is 5.82 Å². The maximum Gasteiger partial charge on any atom is 0.309 e. The molecule has 1 aromatic carbocycles. The maximum absolute atomic E-state index is 13.1. The standard InChI is InChI=1S/C10H7BrFN3O2/c11-8-2-1-6(12)3-9(8)15-5-7(13-14-15)4-10(16)17/h1-3,5H,4H2,(H,16,17). The molecular weight excluding hydrogens is 293 g/mol. The molecule has 1 N–H and O–H groups in total. The summed E-state index contributed by atoms with van der Waals surface area (Å²) in [5, 5.41) is 16.0. The molecule has 0 spiro atoms. The van der Waals surface area contributed by atoms with Gasteiger partial charge in [-0.1, -0.05) is 5.21 Å². The number of aliphatic carboxylic acids is 1. The van der Waals surface area contributed by atoms with Crippen LogP contribution in [0.15, 0.2) is 28.9 Å². The van der Waals surface area contributed by atoms with Gasteiger partial charge in [-0.05, 0) is 28.1 Å². The zero-order chi connectivity index (χ0) is 12.4. The Kier molecular flexibility index (Phi) is 3.19. The van der Waals surface area contributed by atoms with Crippen molar-refractivity contribution in [3.63, 3.8) is 0 Å². The fourth-order valence-electron chi connectivity index (χ4n) is 1.31. The molecule has 1 heterocycles. The number of carboxylic acid groups (broad SMARTS) is 1. The summed E-state index contributed by atoms with van der Waals surface area (Å²) in [5.74, 6) is -1.39. The van der Waals surface area contributed by atoms with Gasteiger partial charge in [0, 0.05) is 10.5 Å². The molecule has 2 aromatic rings. The molecule has 0 aliphatic rings. The average molecular weight is 300 g/mol. The minimum atomic E-state index is -0.990. The van der Waals surface area contributed by atoms with Gasteiger partial charge in [0.25, 0.3) is 0 Å². The van der Waals surface area contributed by atoms with E-state index >= 15 is 0 Å². The number of aromatic nitrogens is 3. The first-order valence-corrected chi connectivity index (χ1v) is 5.44. The van der Waals surface area contributed by atoms with Crippen molar-refractivity contribution in [2.45, 2.75) is 6.42 Å². The van der Waals surface area contributed by atoms with Crippen molar-refractivity contribution in [3.05, 3.63) is 40.4 Å². The highest BCUT2D eigenvalue weighted by Crippen LogP contribution is 2.21. The number of halogens is 2. The van der Waals surface area contributed by atoms with Crippen molar-refractivity contribution < 1.29 is 14.3 Å². The largest absolute Gasteiger partial charge is 0.481 e. The normalized spacial score (nSPS) is 10.5. The molecule has 17 heavy (non-hydrogen) atoms. The minimum absolute atomic E-state index is 0.215. The van der Waals surface area contributed by atoms with Crippen molar-refractivity contribution in [1.29, 1.82) is 0 Å². The van der Waals surface area contributed by atoms with Gasteiger partial charge in [-0.15, -0.1) is 5.10 Å². The lowest BCUT2D eigenvalue weighted by Gasteiger charge is -2.02. The van der Waals surface area contributed by atoms with Crippen LogP contribution in [0.4, 0.5) is 4.39 Å². The lowest BCUT2D eigenvalue weighted by atomic mass is 10.3. The average Bonchev–Trinajstić information content (AvgIpc) is 2.69. The Bertz CT molecular complexity index is 570. The van der Waals surface area contributed by atoms with Crippen LogP contribution in [0.3, 0.4) is 0 Å². The van der Waals surface area contributed by atoms with E-state index < -0.39 is 11.8 Å². The Morgan fingerprint density at radius 2 is 2.29 bits per heavy atom. The quantitative estimate of drug-likeness (QED) is 0.938. The molecule has 0 fully saturated rings. The number of benzene rings is 1. The fraction of sp³-hybridized carbons (Fsp3) is 0.100. The third-order valence-corrected chi connectivity index (χ3v) is 2.70. The molecule has 0 amide bonds. The monoisotopic (exact) mass is 299 g/mol. The van der Waals surface area contributed by atoms with Crippen molar-refractivity contribution in [3.8, 4) is 5.69 Å². The molecule has 5 nitrogen and oxygen atoms in total. The van der Waals surface area contributed by atoms with E-state index in [-0.39, 0.29) is 6.42 Å². The molecule has 7 heteroatoms. The van der Waals surface area contributed by atoms with E-state index in [4.69, 9.17) is 5.11 Å².